The molecule has 0 amide bonds. The van der Waals surface area contributed by atoms with Crippen LogP contribution in [0.25, 0.3) is 0 Å². The fourth-order valence-corrected chi connectivity index (χ4v) is 5.92. The number of halogens is 3. The molecule has 1 aliphatic rings. The van der Waals surface area contributed by atoms with Crippen molar-refractivity contribution in [3.63, 3.8) is 0 Å². The fourth-order valence-electron chi connectivity index (χ4n) is 2.34. The minimum atomic E-state index is -3.48. The van der Waals surface area contributed by atoms with Gasteiger partial charge in [0.15, 0.2) is 0 Å². The Hall–Kier alpha value is 0.570. The highest BCUT2D eigenvalue weighted by Crippen LogP contribution is 2.31. The molecule has 0 heterocycles. The van der Waals surface area contributed by atoms with E-state index in [0.29, 0.717) is 21.8 Å². The second kappa shape index (κ2) is 6.77. The minimum absolute atomic E-state index is 0.281. The van der Waals surface area contributed by atoms with Gasteiger partial charge in [-0.3, -0.25) is 0 Å². The van der Waals surface area contributed by atoms with E-state index in [0.717, 1.165) is 29.3 Å². The topological polar surface area (TPSA) is 46.2 Å². The van der Waals surface area contributed by atoms with Gasteiger partial charge in [0.05, 0.1) is 4.90 Å². The largest absolute Gasteiger partial charge is 0.241 e. The lowest BCUT2D eigenvalue weighted by Crippen LogP contribution is -2.29. The number of alkyl halides is 1. The molecule has 0 spiro atoms. The zero-order chi connectivity index (χ0) is 14.9. The van der Waals surface area contributed by atoms with Gasteiger partial charge in [-0.25, -0.2) is 13.1 Å². The molecular formula is C13H16Br3NO2S. The molecule has 0 bridgehead atoms. The molecule has 20 heavy (non-hydrogen) atoms. The third-order valence-corrected chi connectivity index (χ3v) is 7.61. The molecule has 1 saturated carbocycles. The maximum absolute atomic E-state index is 12.4. The van der Waals surface area contributed by atoms with E-state index in [-0.39, 0.29) is 4.90 Å². The molecule has 1 fully saturated rings. The highest BCUT2D eigenvalue weighted by atomic mass is 79.9. The Bertz CT molecular complexity index is 604. The standard InChI is InChI=1S/C13H16Br3NO2S/c1-8-4-12(16)13(6-11(8)15)20(18,19)17-7-9-2-3-10(14)5-9/h4,6,9-10,17H,2-3,5,7H2,1H3. The molecule has 2 unspecified atom stereocenters. The molecule has 3 nitrogen and oxygen atoms in total. The van der Waals surface area contributed by atoms with Gasteiger partial charge in [0.25, 0.3) is 0 Å². The van der Waals surface area contributed by atoms with Gasteiger partial charge in [0.1, 0.15) is 0 Å². The smallest absolute Gasteiger partial charge is 0.211 e. The van der Waals surface area contributed by atoms with E-state index in [1.54, 1.807) is 6.07 Å². The van der Waals surface area contributed by atoms with Gasteiger partial charge in [-0.1, -0.05) is 31.9 Å². The summed E-state index contributed by atoms with van der Waals surface area (Å²) in [5, 5.41) is 0. The first-order chi connectivity index (χ1) is 9.29. The molecule has 1 aromatic carbocycles. The van der Waals surface area contributed by atoms with Crippen LogP contribution in [0.2, 0.25) is 0 Å². The zero-order valence-corrected chi connectivity index (χ0v) is 16.6. The van der Waals surface area contributed by atoms with Crippen LogP contribution in [0.5, 0.6) is 0 Å². The van der Waals surface area contributed by atoms with Gasteiger partial charge in [-0.2, -0.15) is 0 Å². The lowest BCUT2D eigenvalue weighted by atomic mass is 10.1. The number of sulfonamides is 1. The molecule has 1 aromatic rings. The van der Waals surface area contributed by atoms with Gasteiger partial charge >= 0.3 is 0 Å². The van der Waals surface area contributed by atoms with E-state index in [2.05, 4.69) is 52.5 Å². The van der Waals surface area contributed by atoms with Crippen molar-refractivity contribution in [2.75, 3.05) is 6.54 Å². The molecular weight excluding hydrogens is 474 g/mol. The molecule has 2 atom stereocenters. The number of aryl methyl sites for hydroxylation is 1. The van der Waals surface area contributed by atoms with Crippen LogP contribution in [0.4, 0.5) is 0 Å². The summed E-state index contributed by atoms with van der Waals surface area (Å²) in [5.41, 5.74) is 0.994. The number of rotatable bonds is 4. The molecule has 7 heteroatoms. The van der Waals surface area contributed by atoms with Crippen molar-refractivity contribution in [2.24, 2.45) is 5.92 Å². The summed E-state index contributed by atoms with van der Waals surface area (Å²) in [4.78, 5) is 0.806. The van der Waals surface area contributed by atoms with Gasteiger partial charge in [0.2, 0.25) is 10.0 Å². The Balaban J connectivity index is 2.12. The third kappa shape index (κ3) is 4.06. The van der Waals surface area contributed by atoms with Gasteiger partial charge in [0, 0.05) is 20.3 Å². The zero-order valence-electron chi connectivity index (χ0n) is 11.0. The van der Waals surface area contributed by atoms with E-state index in [9.17, 15) is 8.42 Å². The summed E-state index contributed by atoms with van der Waals surface area (Å²) < 4.78 is 28.9. The fraction of sp³-hybridized carbons (Fsp3) is 0.538. The number of benzene rings is 1. The molecule has 0 saturated heterocycles. The Morgan fingerprint density at radius 3 is 2.55 bits per heavy atom. The molecule has 2 rings (SSSR count). The van der Waals surface area contributed by atoms with Crippen LogP contribution in [0.1, 0.15) is 24.8 Å². The van der Waals surface area contributed by atoms with Crippen LogP contribution in [0.15, 0.2) is 26.0 Å². The quantitative estimate of drug-likeness (QED) is 0.639. The molecule has 0 aliphatic heterocycles. The van der Waals surface area contributed by atoms with Crippen molar-refractivity contribution in [1.29, 1.82) is 0 Å². The SMILES string of the molecule is Cc1cc(Br)c(S(=O)(=O)NCC2CCC(Br)C2)cc1Br. The van der Waals surface area contributed by atoms with Crippen LogP contribution in [-0.4, -0.2) is 19.8 Å². The van der Waals surface area contributed by atoms with Crippen LogP contribution in [0, 0.1) is 12.8 Å². The lowest BCUT2D eigenvalue weighted by molar-refractivity contribution is 0.520. The molecule has 0 radical (unpaired) electrons. The maximum Gasteiger partial charge on any atom is 0.241 e. The van der Waals surface area contributed by atoms with Crippen LogP contribution in [-0.2, 0) is 10.0 Å². The Morgan fingerprint density at radius 1 is 1.25 bits per heavy atom. The minimum Gasteiger partial charge on any atom is -0.211 e. The molecule has 112 valence electrons. The second-order valence-electron chi connectivity index (χ2n) is 5.16. The summed E-state index contributed by atoms with van der Waals surface area (Å²) in [5.74, 6) is 0.418. The second-order valence-corrected chi connectivity index (χ2v) is 9.90. The van der Waals surface area contributed by atoms with Crippen molar-refractivity contribution < 1.29 is 8.42 Å². The van der Waals surface area contributed by atoms with Crippen LogP contribution in [0.3, 0.4) is 0 Å². The van der Waals surface area contributed by atoms with Crippen molar-refractivity contribution in [3.8, 4) is 0 Å². The average molecular weight is 490 g/mol. The van der Waals surface area contributed by atoms with Crippen molar-refractivity contribution in [2.45, 2.75) is 35.9 Å². The molecule has 0 aromatic heterocycles. The summed E-state index contributed by atoms with van der Waals surface area (Å²) in [7, 11) is -3.48. The summed E-state index contributed by atoms with van der Waals surface area (Å²) >= 11 is 10.3. The highest BCUT2D eigenvalue weighted by Gasteiger charge is 2.25. The first kappa shape index (κ1) is 16.9. The first-order valence-corrected chi connectivity index (χ1v) is 10.4. The Morgan fingerprint density at radius 2 is 1.95 bits per heavy atom. The Labute approximate surface area is 145 Å². The molecule has 1 aliphatic carbocycles. The van der Waals surface area contributed by atoms with Gasteiger partial charge in [-0.05, 0) is 65.7 Å². The average Bonchev–Trinajstić information content (AvgIpc) is 2.77. The Kier molecular flexibility index (Phi) is 5.73. The summed E-state index contributed by atoms with van der Waals surface area (Å²) in [6.07, 6.45) is 3.21. The monoisotopic (exact) mass is 487 g/mol. The first-order valence-electron chi connectivity index (χ1n) is 6.39. The summed E-state index contributed by atoms with van der Waals surface area (Å²) in [6, 6.07) is 3.45. The van der Waals surface area contributed by atoms with Crippen molar-refractivity contribution in [1.82, 2.24) is 4.72 Å². The number of hydrogen-bond donors (Lipinski definition) is 1. The normalized spacial score (nSPS) is 23.2. The predicted octanol–water partition coefficient (Wildman–Crippen LogP) is 4.36. The van der Waals surface area contributed by atoms with Crippen LogP contribution >= 0.6 is 47.8 Å². The predicted molar refractivity (Wildman–Crippen MR) is 91.8 cm³/mol. The number of nitrogens with one attached hydrogen (secondary N) is 1. The van der Waals surface area contributed by atoms with E-state index >= 15 is 0 Å². The van der Waals surface area contributed by atoms with E-state index in [1.807, 2.05) is 13.0 Å². The van der Waals surface area contributed by atoms with Crippen molar-refractivity contribution >= 4 is 57.8 Å². The van der Waals surface area contributed by atoms with E-state index < -0.39 is 10.0 Å². The van der Waals surface area contributed by atoms with Crippen molar-refractivity contribution in [3.05, 3.63) is 26.6 Å². The number of hydrogen-bond acceptors (Lipinski definition) is 2. The maximum atomic E-state index is 12.4. The lowest BCUT2D eigenvalue weighted by Gasteiger charge is -2.13. The van der Waals surface area contributed by atoms with E-state index in [4.69, 9.17) is 0 Å². The van der Waals surface area contributed by atoms with E-state index in [1.165, 1.54) is 0 Å². The molecule has 1 N–H and O–H groups in total. The van der Waals surface area contributed by atoms with Gasteiger partial charge in [-0.15, -0.1) is 0 Å². The highest BCUT2D eigenvalue weighted by molar-refractivity contribution is 9.11. The third-order valence-electron chi connectivity index (χ3n) is 3.54. The van der Waals surface area contributed by atoms with Crippen LogP contribution < -0.4 is 4.72 Å². The summed E-state index contributed by atoms with van der Waals surface area (Å²) in [6.45, 7) is 2.43. The van der Waals surface area contributed by atoms with Gasteiger partial charge < -0.3 is 0 Å².